The number of rotatable bonds is 9. The van der Waals surface area contributed by atoms with Gasteiger partial charge in [-0.3, -0.25) is 4.79 Å². The topological polar surface area (TPSA) is 63.6 Å². The number of ether oxygens (including phenoxy) is 1. The van der Waals surface area contributed by atoms with Crippen molar-refractivity contribution >= 4 is 11.9 Å². The third-order valence-corrected chi connectivity index (χ3v) is 2.41. The van der Waals surface area contributed by atoms with Gasteiger partial charge in [0.25, 0.3) is 0 Å². The Kier molecular flexibility index (Phi) is 9.11. The number of unbranched alkanes of at least 4 members (excludes halogenated alkanes) is 4. The fraction of sp³-hybridized carbons (Fsp3) is 0.692. The van der Waals surface area contributed by atoms with Crippen molar-refractivity contribution in [3.05, 3.63) is 12.2 Å². The van der Waals surface area contributed by atoms with Gasteiger partial charge in [0.15, 0.2) is 6.10 Å². The minimum absolute atomic E-state index is 0.401. The number of carbonyl (C=O) groups excluding carboxylic acids is 1. The number of hydrogen-bond acceptors (Lipinski definition) is 3. The second kappa shape index (κ2) is 9.87. The second-order valence-electron chi connectivity index (χ2n) is 4.00. The van der Waals surface area contributed by atoms with E-state index in [1.54, 1.807) is 0 Å². The first-order chi connectivity index (χ1) is 8.07. The lowest BCUT2D eigenvalue weighted by molar-refractivity contribution is -0.163. The molecular weight excluding hydrogens is 220 g/mol. The van der Waals surface area contributed by atoms with Crippen molar-refractivity contribution in [1.29, 1.82) is 0 Å². The quantitative estimate of drug-likeness (QED) is 0.383. The fourth-order valence-corrected chi connectivity index (χ4v) is 1.55. The average molecular weight is 242 g/mol. The van der Waals surface area contributed by atoms with Crippen LogP contribution in [0.2, 0.25) is 0 Å². The maximum atomic E-state index is 10.8. The molecule has 0 aliphatic heterocycles. The minimum atomic E-state index is -1.06. The van der Waals surface area contributed by atoms with Gasteiger partial charge < -0.3 is 9.84 Å². The highest BCUT2D eigenvalue weighted by Gasteiger charge is 2.19. The lowest BCUT2D eigenvalue weighted by Gasteiger charge is -2.11. The molecule has 0 aliphatic carbocycles. The lowest BCUT2D eigenvalue weighted by Crippen LogP contribution is -2.25. The highest BCUT2D eigenvalue weighted by Crippen LogP contribution is 2.10. The molecule has 4 heteroatoms. The molecule has 0 aromatic rings. The van der Waals surface area contributed by atoms with Gasteiger partial charge in [0, 0.05) is 6.92 Å². The van der Waals surface area contributed by atoms with E-state index in [9.17, 15) is 9.59 Å². The molecule has 0 radical (unpaired) electrons. The summed E-state index contributed by atoms with van der Waals surface area (Å²) in [4.78, 5) is 21.4. The summed E-state index contributed by atoms with van der Waals surface area (Å²) in [5.74, 6) is -1.60. The van der Waals surface area contributed by atoms with Gasteiger partial charge in [0.2, 0.25) is 0 Å². The molecule has 0 saturated heterocycles. The van der Waals surface area contributed by atoms with Crippen LogP contribution >= 0.6 is 0 Å². The predicted octanol–water partition coefficient (Wildman–Crippen LogP) is 2.92. The van der Waals surface area contributed by atoms with E-state index in [1.807, 2.05) is 13.0 Å². The van der Waals surface area contributed by atoms with Crippen LogP contribution in [0.15, 0.2) is 12.2 Å². The van der Waals surface area contributed by atoms with Gasteiger partial charge in [-0.15, -0.1) is 0 Å². The zero-order valence-corrected chi connectivity index (χ0v) is 10.6. The number of carbonyl (C=O) groups is 2. The van der Waals surface area contributed by atoms with Crippen molar-refractivity contribution in [3.63, 3.8) is 0 Å². The maximum absolute atomic E-state index is 10.8. The minimum Gasteiger partial charge on any atom is -0.479 e. The van der Waals surface area contributed by atoms with Crippen LogP contribution in [0.4, 0.5) is 0 Å². The van der Waals surface area contributed by atoms with E-state index < -0.39 is 18.0 Å². The van der Waals surface area contributed by atoms with E-state index in [-0.39, 0.29) is 0 Å². The molecule has 0 aromatic carbocycles. The normalized spacial score (nSPS) is 12.6. The van der Waals surface area contributed by atoms with Crippen LogP contribution in [0.1, 0.15) is 52.4 Å². The molecule has 0 bridgehead atoms. The molecule has 0 saturated carbocycles. The molecule has 98 valence electrons. The largest absolute Gasteiger partial charge is 0.479 e. The zero-order chi connectivity index (χ0) is 13.1. The molecular formula is C13H22O4. The third kappa shape index (κ3) is 9.60. The SMILES string of the molecule is C/C=C/CCCCCCC(OC(C)=O)C(=O)O. The maximum Gasteiger partial charge on any atom is 0.345 e. The Morgan fingerprint density at radius 3 is 2.41 bits per heavy atom. The summed E-state index contributed by atoms with van der Waals surface area (Å²) in [5.41, 5.74) is 0. The van der Waals surface area contributed by atoms with Crippen LogP contribution in [0.3, 0.4) is 0 Å². The van der Waals surface area contributed by atoms with Crippen LogP contribution in [0.25, 0.3) is 0 Å². The molecule has 0 fully saturated rings. The van der Waals surface area contributed by atoms with Gasteiger partial charge in [-0.2, -0.15) is 0 Å². The Balaban J connectivity index is 3.61. The molecule has 1 unspecified atom stereocenters. The Bertz CT molecular complexity index is 258. The zero-order valence-electron chi connectivity index (χ0n) is 10.6. The van der Waals surface area contributed by atoms with Gasteiger partial charge in [0.1, 0.15) is 0 Å². The Hall–Kier alpha value is -1.32. The highest BCUT2D eigenvalue weighted by molar-refractivity contribution is 5.76. The van der Waals surface area contributed by atoms with Gasteiger partial charge >= 0.3 is 11.9 Å². The summed E-state index contributed by atoms with van der Waals surface area (Å²) in [7, 11) is 0. The molecule has 0 aromatic heterocycles. The number of aliphatic carboxylic acids is 1. The van der Waals surface area contributed by atoms with Crippen LogP contribution in [-0.4, -0.2) is 23.1 Å². The summed E-state index contributed by atoms with van der Waals surface area (Å²) in [6.45, 7) is 3.23. The van der Waals surface area contributed by atoms with Gasteiger partial charge in [-0.25, -0.2) is 4.79 Å². The number of carboxylic acids is 1. The van der Waals surface area contributed by atoms with Crippen LogP contribution in [-0.2, 0) is 14.3 Å². The highest BCUT2D eigenvalue weighted by atomic mass is 16.6. The van der Waals surface area contributed by atoms with Crippen molar-refractivity contribution in [2.45, 2.75) is 58.5 Å². The van der Waals surface area contributed by atoms with E-state index >= 15 is 0 Å². The molecule has 0 amide bonds. The van der Waals surface area contributed by atoms with E-state index in [2.05, 4.69) is 6.08 Å². The van der Waals surface area contributed by atoms with Crippen molar-refractivity contribution in [2.75, 3.05) is 0 Å². The molecule has 1 N–H and O–H groups in total. The van der Waals surface area contributed by atoms with E-state index in [1.165, 1.54) is 6.92 Å². The molecule has 0 aliphatic rings. The summed E-state index contributed by atoms with van der Waals surface area (Å²) in [5, 5.41) is 8.81. The van der Waals surface area contributed by atoms with E-state index in [4.69, 9.17) is 9.84 Å². The molecule has 1 atom stereocenters. The summed E-state index contributed by atoms with van der Waals surface area (Å²) >= 11 is 0. The number of esters is 1. The lowest BCUT2D eigenvalue weighted by atomic mass is 10.1. The number of carboxylic acid groups (broad SMARTS) is 1. The van der Waals surface area contributed by atoms with E-state index in [0.717, 1.165) is 32.1 Å². The summed E-state index contributed by atoms with van der Waals surface area (Å²) < 4.78 is 4.71. The summed E-state index contributed by atoms with van der Waals surface area (Å²) in [6.07, 6.45) is 8.60. The second-order valence-corrected chi connectivity index (χ2v) is 4.00. The first kappa shape index (κ1) is 15.7. The standard InChI is InChI=1S/C13H22O4/c1-3-4-5-6-7-8-9-10-12(13(15)16)17-11(2)14/h3-4,12H,5-10H2,1-2H3,(H,15,16)/b4-3+. The van der Waals surface area contributed by atoms with Crippen LogP contribution < -0.4 is 0 Å². The van der Waals surface area contributed by atoms with E-state index in [0.29, 0.717) is 6.42 Å². The van der Waals surface area contributed by atoms with Gasteiger partial charge in [-0.05, 0) is 32.6 Å². The monoisotopic (exact) mass is 242 g/mol. The Morgan fingerprint density at radius 2 is 1.88 bits per heavy atom. The first-order valence-electron chi connectivity index (χ1n) is 6.09. The average Bonchev–Trinajstić information content (AvgIpc) is 2.25. The molecule has 0 rings (SSSR count). The molecule has 0 heterocycles. The Labute approximate surface area is 103 Å². The van der Waals surface area contributed by atoms with Gasteiger partial charge in [0.05, 0.1) is 0 Å². The van der Waals surface area contributed by atoms with Crippen molar-refractivity contribution < 1.29 is 19.4 Å². The van der Waals surface area contributed by atoms with Crippen LogP contribution in [0.5, 0.6) is 0 Å². The predicted molar refractivity (Wildman–Crippen MR) is 65.7 cm³/mol. The fourth-order valence-electron chi connectivity index (χ4n) is 1.55. The third-order valence-electron chi connectivity index (χ3n) is 2.41. The Morgan fingerprint density at radius 1 is 1.24 bits per heavy atom. The number of allylic oxidation sites excluding steroid dienone is 2. The smallest absolute Gasteiger partial charge is 0.345 e. The number of hydrogen-bond donors (Lipinski definition) is 1. The molecule has 17 heavy (non-hydrogen) atoms. The molecule has 4 nitrogen and oxygen atoms in total. The van der Waals surface area contributed by atoms with Crippen molar-refractivity contribution in [3.8, 4) is 0 Å². The first-order valence-corrected chi connectivity index (χ1v) is 6.09. The molecule has 0 spiro atoms. The van der Waals surface area contributed by atoms with Gasteiger partial charge in [-0.1, -0.05) is 25.0 Å². The summed E-state index contributed by atoms with van der Waals surface area (Å²) in [6, 6.07) is 0. The van der Waals surface area contributed by atoms with Crippen molar-refractivity contribution in [2.24, 2.45) is 0 Å². The van der Waals surface area contributed by atoms with Crippen molar-refractivity contribution in [1.82, 2.24) is 0 Å². The van der Waals surface area contributed by atoms with Crippen LogP contribution in [0, 0.1) is 0 Å².